The van der Waals surface area contributed by atoms with E-state index in [1.54, 1.807) is 15.6 Å². The molecule has 0 bridgehead atoms. The number of halogens is 3. The van der Waals surface area contributed by atoms with Gasteiger partial charge in [-0.15, -0.1) is 5.10 Å². The van der Waals surface area contributed by atoms with Crippen molar-refractivity contribution in [3.8, 4) is 11.4 Å². The van der Waals surface area contributed by atoms with Crippen LogP contribution in [0.1, 0.15) is 11.1 Å². The Morgan fingerprint density at radius 1 is 1.12 bits per heavy atom. The number of morpholine rings is 1. The first-order valence-corrected chi connectivity index (χ1v) is 12.9. The zero-order valence-corrected chi connectivity index (χ0v) is 21.7. The maximum absolute atomic E-state index is 13.8. The van der Waals surface area contributed by atoms with Crippen molar-refractivity contribution in [3.63, 3.8) is 0 Å². The zero-order chi connectivity index (χ0) is 28.3. The molecule has 2 amide bonds. The molecule has 5 rings (SSSR count). The summed E-state index contributed by atoms with van der Waals surface area (Å²) in [7, 11) is 0. The van der Waals surface area contributed by atoms with Gasteiger partial charge in [-0.2, -0.15) is 13.2 Å². The van der Waals surface area contributed by atoms with E-state index in [1.807, 2.05) is 11.0 Å². The summed E-state index contributed by atoms with van der Waals surface area (Å²) in [5.74, 6) is -0.0783. The van der Waals surface area contributed by atoms with E-state index in [-0.39, 0.29) is 23.8 Å². The lowest BCUT2D eigenvalue weighted by Crippen LogP contribution is -2.50. The molecule has 0 aromatic carbocycles. The summed E-state index contributed by atoms with van der Waals surface area (Å²) >= 11 is 0. The molecule has 0 unspecified atom stereocenters. The van der Waals surface area contributed by atoms with E-state index < -0.39 is 17.6 Å². The zero-order valence-electron chi connectivity index (χ0n) is 21.7. The highest BCUT2D eigenvalue weighted by Crippen LogP contribution is 2.36. The summed E-state index contributed by atoms with van der Waals surface area (Å²) in [6.45, 7) is 8.23. The van der Waals surface area contributed by atoms with E-state index in [2.05, 4.69) is 31.9 Å². The molecule has 3 aromatic heterocycles. The molecule has 2 saturated heterocycles. The molecule has 3 aromatic rings. The summed E-state index contributed by atoms with van der Waals surface area (Å²) in [5.41, 5.74) is 0.566. The molecular formula is C26H29F3N8O3. The predicted molar refractivity (Wildman–Crippen MR) is 139 cm³/mol. The number of ether oxygens (including phenoxy) is 1. The van der Waals surface area contributed by atoms with Crippen LogP contribution in [0.3, 0.4) is 0 Å². The van der Waals surface area contributed by atoms with Gasteiger partial charge in [-0.3, -0.25) is 19.5 Å². The van der Waals surface area contributed by atoms with Gasteiger partial charge in [-0.25, -0.2) is 9.50 Å². The molecule has 2 aliphatic rings. The van der Waals surface area contributed by atoms with Crippen LogP contribution in [0.2, 0.25) is 0 Å². The molecule has 1 N–H and O–H groups in total. The quantitative estimate of drug-likeness (QED) is 0.436. The number of nitrogens with one attached hydrogen (secondary N) is 1. The minimum atomic E-state index is -4.58. The molecule has 2 aliphatic heterocycles. The number of nitrogens with zero attached hydrogens (tertiary/aromatic N) is 7. The number of pyridine rings is 1. The van der Waals surface area contributed by atoms with Crippen LogP contribution < -0.4 is 10.2 Å². The number of rotatable bonds is 7. The van der Waals surface area contributed by atoms with E-state index in [0.29, 0.717) is 70.4 Å². The third-order valence-corrected chi connectivity index (χ3v) is 6.91. The molecule has 2 fully saturated rings. The van der Waals surface area contributed by atoms with E-state index in [1.165, 1.54) is 0 Å². The fourth-order valence-corrected chi connectivity index (χ4v) is 4.83. The molecule has 5 heterocycles. The Balaban J connectivity index is 1.38. The number of hydrogen-bond donors (Lipinski definition) is 1. The molecule has 40 heavy (non-hydrogen) atoms. The summed E-state index contributed by atoms with van der Waals surface area (Å²) in [4.78, 5) is 38.1. The number of alkyl halides is 3. The van der Waals surface area contributed by atoms with Gasteiger partial charge < -0.3 is 19.9 Å². The summed E-state index contributed by atoms with van der Waals surface area (Å²) in [6, 6.07) is 2.88. The number of fused-ring (bicyclic) bond motifs is 1. The Morgan fingerprint density at radius 2 is 1.88 bits per heavy atom. The number of aromatic nitrogens is 4. The van der Waals surface area contributed by atoms with E-state index in [9.17, 15) is 22.8 Å². The largest absolute Gasteiger partial charge is 0.417 e. The van der Waals surface area contributed by atoms with Crippen molar-refractivity contribution in [2.45, 2.75) is 12.7 Å². The third-order valence-electron chi connectivity index (χ3n) is 6.91. The summed E-state index contributed by atoms with van der Waals surface area (Å²) in [5, 5.41) is 6.96. The summed E-state index contributed by atoms with van der Waals surface area (Å²) in [6.07, 6.45) is 0.582. The number of amides is 2. The van der Waals surface area contributed by atoms with E-state index in [4.69, 9.17) is 4.74 Å². The van der Waals surface area contributed by atoms with Gasteiger partial charge in [-0.1, -0.05) is 6.58 Å². The number of anilines is 1. The van der Waals surface area contributed by atoms with Crippen LogP contribution >= 0.6 is 0 Å². The maximum Gasteiger partial charge on any atom is 0.417 e. The van der Waals surface area contributed by atoms with Crippen LogP contribution in [-0.4, -0.2) is 100 Å². The number of carbonyl (C=O) groups excluding carboxylic acids is 2. The van der Waals surface area contributed by atoms with Crippen LogP contribution in [-0.2, 0) is 27.0 Å². The lowest BCUT2D eigenvalue weighted by atomic mass is 10.1. The van der Waals surface area contributed by atoms with Crippen LogP contribution in [0.25, 0.3) is 16.9 Å². The van der Waals surface area contributed by atoms with Crippen molar-refractivity contribution < 1.29 is 27.5 Å². The molecular weight excluding hydrogens is 529 g/mol. The lowest BCUT2D eigenvalue weighted by Gasteiger charge is -2.34. The van der Waals surface area contributed by atoms with Gasteiger partial charge in [0.15, 0.2) is 11.6 Å². The van der Waals surface area contributed by atoms with Gasteiger partial charge in [0, 0.05) is 64.4 Å². The van der Waals surface area contributed by atoms with Gasteiger partial charge in [0.2, 0.25) is 11.8 Å². The van der Waals surface area contributed by atoms with E-state index in [0.717, 1.165) is 30.1 Å². The Labute approximate surface area is 228 Å². The van der Waals surface area contributed by atoms with Crippen LogP contribution in [0.15, 0.2) is 43.4 Å². The third kappa shape index (κ3) is 6.07. The Kier molecular flexibility index (Phi) is 7.98. The number of piperazine rings is 1. The molecule has 0 spiro atoms. The first kappa shape index (κ1) is 27.5. The second-order valence-corrected chi connectivity index (χ2v) is 9.53. The second kappa shape index (κ2) is 11.6. The SMILES string of the molecule is C=CC(=O)NCC(=O)N1CCN(Cc2cc3c(N4CCOCC4)nc(-c4cnccc4C(F)(F)F)nn3c2)CC1. The highest BCUT2D eigenvalue weighted by atomic mass is 19.4. The molecule has 0 atom stereocenters. The Bertz CT molecular complexity index is 1400. The first-order valence-electron chi connectivity index (χ1n) is 12.9. The monoisotopic (exact) mass is 558 g/mol. The van der Waals surface area contributed by atoms with Crippen LogP contribution in [0.4, 0.5) is 19.0 Å². The highest BCUT2D eigenvalue weighted by molar-refractivity contribution is 5.90. The first-order chi connectivity index (χ1) is 19.2. The van der Waals surface area contributed by atoms with Crippen molar-refractivity contribution in [3.05, 3.63) is 54.5 Å². The van der Waals surface area contributed by atoms with Crippen molar-refractivity contribution in [2.75, 3.05) is 63.9 Å². The molecule has 11 nitrogen and oxygen atoms in total. The highest BCUT2D eigenvalue weighted by Gasteiger charge is 2.35. The molecule has 0 saturated carbocycles. The predicted octanol–water partition coefficient (Wildman–Crippen LogP) is 1.59. The number of carbonyl (C=O) groups is 2. The Morgan fingerprint density at radius 3 is 2.58 bits per heavy atom. The number of hydrogen-bond acceptors (Lipinski definition) is 8. The van der Waals surface area contributed by atoms with Crippen molar-refractivity contribution in [1.82, 2.24) is 34.7 Å². The fourth-order valence-electron chi connectivity index (χ4n) is 4.83. The normalized spacial score (nSPS) is 16.8. The maximum atomic E-state index is 13.8. The topological polar surface area (TPSA) is 108 Å². The van der Waals surface area contributed by atoms with Gasteiger partial charge in [-0.05, 0) is 23.8 Å². The standard InChI is InChI=1S/C26H29F3N8O3/c1-2-22(38)31-15-23(39)35-7-5-34(6-8-35)16-18-13-21-25(36-9-11-40-12-10-36)32-24(33-37(21)17-18)19-14-30-4-3-20(19)26(27,28)29/h2-4,13-14,17H,1,5-12,15-16H2,(H,31,38). The fraction of sp³-hybridized carbons (Fsp3) is 0.423. The second-order valence-electron chi connectivity index (χ2n) is 9.53. The summed E-state index contributed by atoms with van der Waals surface area (Å²) < 4.78 is 48.4. The minimum absolute atomic E-state index is 0.0627. The molecule has 212 valence electrons. The van der Waals surface area contributed by atoms with Crippen LogP contribution in [0.5, 0.6) is 0 Å². The smallest absolute Gasteiger partial charge is 0.378 e. The van der Waals surface area contributed by atoms with Gasteiger partial charge in [0.05, 0.1) is 30.9 Å². The average molecular weight is 559 g/mol. The van der Waals surface area contributed by atoms with Gasteiger partial charge in [0.1, 0.15) is 5.52 Å². The molecule has 0 radical (unpaired) electrons. The molecule has 0 aliphatic carbocycles. The van der Waals surface area contributed by atoms with Crippen LogP contribution in [0, 0.1) is 0 Å². The lowest BCUT2D eigenvalue weighted by molar-refractivity contribution is -0.137. The molecule has 14 heteroatoms. The average Bonchev–Trinajstić information content (AvgIpc) is 3.37. The minimum Gasteiger partial charge on any atom is -0.378 e. The van der Waals surface area contributed by atoms with Gasteiger partial charge in [0.25, 0.3) is 0 Å². The Hall–Kier alpha value is -4.04. The van der Waals surface area contributed by atoms with E-state index >= 15 is 0 Å². The van der Waals surface area contributed by atoms with Gasteiger partial charge >= 0.3 is 6.18 Å². The van der Waals surface area contributed by atoms with Crippen molar-refractivity contribution >= 4 is 23.1 Å². The van der Waals surface area contributed by atoms with Crippen molar-refractivity contribution in [2.24, 2.45) is 0 Å². The van der Waals surface area contributed by atoms with Crippen molar-refractivity contribution in [1.29, 1.82) is 0 Å².